The second-order valence-corrected chi connectivity index (χ2v) is 9.94. The average Bonchev–Trinajstić information content (AvgIpc) is 3.64. The van der Waals surface area contributed by atoms with E-state index >= 15 is 0 Å². The van der Waals surface area contributed by atoms with E-state index in [-0.39, 0.29) is 11.3 Å². The summed E-state index contributed by atoms with van der Waals surface area (Å²) in [6.07, 6.45) is 3.30. The van der Waals surface area contributed by atoms with Crippen molar-refractivity contribution < 1.29 is 19.4 Å². The molecule has 4 aromatic rings. The Labute approximate surface area is 206 Å². The molecule has 6 rings (SSSR count). The fourth-order valence-electron chi connectivity index (χ4n) is 5.12. The number of ether oxygens (including phenoxy) is 1. The Hall–Kier alpha value is -3.84. The Kier molecular flexibility index (Phi) is 5.22. The molecule has 7 heteroatoms. The van der Waals surface area contributed by atoms with Gasteiger partial charge in [-0.05, 0) is 65.7 Å². The molecule has 1 saturated heterocycles. The van der Waals surface area contributed by atoms with Crippen LogP contribution in [0.1, 0.15) is 33.2 Å². The molecule has 2 aromatic heterocycles. The highest BCUT2D eigenvalue weighted by molar-refractivity contribution is 7.10. The maximum atomic E-state index is 13.3. The minimum absolute atomic E-state index is 0.134. The van der Waals surface area contributed by atoms with E-state index in [9.17, 15) is 14.7 Å². The summed E-state index contributed by atoms with van der Waals surface area (Å²) in [7, 11) is 0. The number of ketones is 1. The number of nitrogens with zero attached hydrogens (tertiary/aromatic N) is 1. The average molecular weight is 485 g/mol. The summed E-state index contributed by atoms with van der Waals surface area (Å²) in [5.41, 5.74) is 4.79. The van der Waals surface area contributed by atoms with E-state index in [0.717, 1.165) is 44.6 Å². The number of hydrogen-bond donors (Lipinski definition) is 2. The molecular weight excluding hydrogens is 460 g/mol. The molecule has 1 fully saturated rings. The number of aromatic amines is 1. The number of H-pyrrole nitrogens is 1. The number of aryl methyl sites for hydroxylation is 1. The van der Waals surface area contributed by atoms with Gasteiger partial charge in [0.25, 0.3) is 11.7 Å². The van der Waals surface area contributed by atoms with Gasteiger partial charge in [-0.2, -0.15) is 0 Å². The Morgan fingerprint density at radius 3 is 2.89 bits per heavy atom. The van der Waals surface area contributed by atoms with Gasteiger partial charge in [-0.1, -0.05) is 18.2 Å². The number of para-hydroxylation sites is 1. The van der Waals surface area contributed by atoms with Crippen molar-refractivity contribution in [3.63, 3.8) is 0 Å². The molecule has 176 valence electrons. The van der Waals surface area contributed by atoms with Gasteiger partial charge in [-0.25, -0.2) is 0 Å². The van der Waals surface area contributed by atoms with Crippen LogP contribution in [0.15, 0.2) is 65.7 Å². The number of Topliss-reactive ketones (excluding diaryl/α,β-unsaturated/α-hetero) is 1. The molecule has 0 saturated carbocycles. The van der Waals surface area contributed by atoms with Gasteiger partial charge in [0.1, 0.15) is 11.5 Å². The molecule has 6 nitrogen and oxygen atoms in total. The lowest BCUT2D eigenvalue weighted by molar-refractivity contribution is -0.139. The number of amides is 1. The third-order valence-corrected chi connectivity index (χ3v) is 8.02. The SMILES string of the molecule is Cc1ccsc1C1/C(=C(/O)c2ccc3c(c2)CCO3)C(=O)C(=O)N1CCc1c[nH]c2ccccc12. The maximum absolute atomic E-state index is 13.3. The van der Waals surface area contributed by atoms with Crippen LogP contribution in [-0.4, -0.2) is 39.8 Å². The monoisotopic (exact) mass is 484 g/mol. The number of aliphatic hydroxyl groups excluding tert-OH is 1. The van der Waals surface area contributed by atoms with Gasteiger partial charge in [0.2, 0.25) is 0 Å². The van der Waals surface area contributed by atoms with Crippen LogP contribution in [-0.2, 0) is 22.4 Å². The van der Waals surface area contributed by atoms with E-state index in [1.165, 1.54) is 11.3 Å². The van der Waals surface area contributed by atoms with Crippen molar-refractivity contribution in [1.29, 1.82) is 0 Å². The lowest BCUT2D eigenvalue weighted by atomic mass is 9.97. The van der Waals surface area contributed by atoms with Gasteiger partial charge in [0.15, 0.2) is 0 Å². The normalized spacial score (nSPS) is 18.9. The van der Waals surface area contributed by atoms with E-state index in [0.29, 0.717) is 25.1 Å². The van der Waals surface area contributed by atoms with E-state index < -0.39 is 17.7 Å². The van der Waals surface area contributed by atoms with Crippen molar-refractivity contribution in [2.75, 3.05) is 13.2 Å². The first-order valence-corrected chi connectivity index (χ1v) is 12.5. The van der Waals surface area contributed by atoms with Crippen LogP contribution in [0.4, 0.5) is 0 Å². The number of carbonyl (C=O) groups is 2. The van der Waals surface area contributed by atoms with Gasteiger partial charge in [-0.3, -0.25) is 9.59 Å². The highest BCUT2D eigenvalue weighted by Crippen LogP contribution is 2.43. The first-order valence-electron chi connectivity index (χ1n) is 11.7. The van der Waals surface area contributed by atoms with Crippen LogP contribution in [0.25, 0.3) is 16.7 Å². The third kappa shape index (κ3) is 3.54. The van der Waals surface area contributed by atoms with Gasteiger partial charge in [0.05, 0.1) is 18.2 Å². The van der Waals surface area contributed by atoms with Crippen LogP contribution in [0.2, 0.25) is 0 Å². The van der Waals surface area contributed by atoms with Gasteiger partial charge < -0.3 is 19.7 Å². The first-order chi connectivity index (χ1) is 17.0. The number of fused-ring (bicyclic) bond motifs is 2. The molecular formula is C28H24N2O4S. The highest BCUT2D eigenvalue weighted by Gasteiger charge is 2.47. The maximum Gasteiger partial charge on any atom is 0.295 e. The zero-order chi connectivity index (χ0) is 24.1. The van der Waals surface area contributed by atoms with E-state index in [2.05, 4.69) is 4.98 Å². The fraction of sp³-hybridized carbons (Fsp3) is 0.214. The summed E-state index contributed by atoms with van der Waals surface area (Å²) in [6.45, 7) is 2.94. The van der Waals surface area contributed by atoms with E-state index in [4.69, 9.17) is 4.74 Å². The Morgan fingerprint density at radius 1 is 1.20 bits per heavy atom. The minimum Gasteiger partial charge on any atom is -0.507 e. The number of benzene rings is 2. The molecule has 0 spiro atoms. The van der Waals surface area contributed by atoms with Crippen molar-refractivity contribution in [3.05, 3.63) is 92.8 Å². The lowest BCUT2D eigenvalue weighted by Crippen LogP contribution is -2.31. The summed E-state index contributed by atoms with van der Waals surface area (Å²) >= 11 is 1.50. The number of likely N-dealkylation sites (tertiary alicyclic amines) is 1. The number of nitrogens with one attached hydrogen (secondary N) is 1. The molecule has 1 atom stereocenters. The lowest BCUT2D eigenvalue weighted by Gasteiger charge is -2.25. The van der Waals surface area contributed by atoms with Crippen molar-refractivity contribution in [2.45, 2.75) is 25.8 Å². The number of thiophene rings is 1. The van der Waals surface area contributed by atoms with Crippen molar-refractivity contribution in [1.82, 2.24) is 9.88 Å². The molecule has 0 radical (unpaired) electrons. The van der Waals surface area contributed by atoms with Crippen molar-refractivity contribution >= 4 is 39.7 Å². The summed E-state index contributed by atoms with van der Waals surface area (Å²) in [6, 6.07) is 14.8. The van der Waals surface area contributed by atoms with E-state index in [1.807, 2.05) is 61.0 Å². The highest BCUT2D eigenvalue weighted by atomic mass is 32.1. The zero-order valence-corrected chi connectivity index (χ0v) is 20.0. The van der Waals surface area contributed by atoms with Gasteiger partial charge in [-0.15, -0.1) is 11.3 Å². The second-order valence-electron chi connectivity index (χ2n) is 8.99. The molecule has 2 aliphatic rings. The Morgan fingerprint density at radius 2 is 2.06 bits per heavy atom. The second kappa shape index (κ2) is 8.43. The summed E-state index contributed by atoms with van der Waals surface area (Å²) in [5.74, 6) is -0.554. The van der Waals surface area contributed by atoms with E-state index in [1.54, 1.807) is 11.0 Å². The third-order valence-electron chi connectivity index (χ3n) is 6.95. The number of aromatic nitrogens is 1. The number of aliphatic hydroxyl groups is 1. The van der Waals surface area contributed by atoms with Crippen LogP contribution in [0.5, 0.6) is 5.75 Å². The first kappa shape index (κ1) is 21.7. The molecule has 35 heavy (non-hydrogen) atoms. The minimum atomic E-state index is -0.643. The quantitative estimate of drug-likeness (QED) is 0.234. The largest absolute Gasteiger partial charge is 0.507 e. The molecule has 0 bridgehead atoms. The van der Waals surface area contributed by atoms with Crippen LogP contribution in [0.3, 0.4) is 0 Å². The predicted octanol–water partition coefficient (Wildman–Crippen LogP) is 5.14. The van der Waals surface area contributed by atoms with Crippen molar-refractivity contribution in [3.8, 4) is 5.75 Å². The fourth-order valence-corrected chi connectivity index (χ4v) is 6.16. The van der Waals surface area contributed by atoms with Crippen LogP contribution in [0, 0.1) is 6.92 Å². The standard InChI is InChI=1S/C28H24N2O4S/c1-16-10-13-35-27(16)24-23(25(31)18-6-7-22-17(14-18)9-12-34-22)26(32)28(33)30(24)11-8-19-15-29-21-5-3-2-4-20(19)21/h2-7,10,13-15,24,29,31H,8-9,11-12H2,1H3/b25-23-. The topological polar surface area (TPSA) is 82.6 Å². The summed E-state index contributed by atoms with van der Waals surface area (Å²) in [5, 5.41) is 14.4. The summed E-state index contributed by atoms with van der Waals surface area (Å²) in [4.78, 5) is 32.4. The smallest absolute Gasteiger partial charge is 0.295 e. The van der Waals surface area contributed by atoms with Gasteiger partial charge in [0, 0.05) is 40.5 Å². The zero-order valence-electron chi connectivity index (χ0n) is 19.2. The molecule has 0 aliphatic carbocycles. The molecule has 1 amide bonds. The summed E-state index contributed by atoms with van der Waals surface area (Å²) < 4.78 is 5.58. The number of carbonyl (C=O) groups excluding carboxylic acids is 2. The Balaban J connectivity index is 1.41. The molecule has 1 unspecified atom stereocenters. The van der Waals surface area contributed by atoms with Crippen LogP contribution >= 0.6 is 11.3 Å². The van der Waals surface area contributed by atoms with Gasteiger partial charge >= 0.3 is 0 Å². The van der Waals surface area contributed by atoms with Crippen LogP contribution < -0.4 is 4.74 Å². The molecule has 4 heterocycles. The predicted molar refractivity (Wildman–Crippen MR) is 136 cm³/mol. The molecule has 2 aromatic carbocycles. The molecule has 2 aliphatic heterocycles. The van der Waals surface area contributed by atoms with Crippen molar-refractivity contribution in [2.24, 2.45) is 0 Å². The number of rotatable bonds is 5. The molecule has 2 N–H and O–H groups in total. The Bertz CT molecular complexity index is 1510. The number of hydrogen-bond acceptors (Lipinski definition) is 5.